The standard InChI is InChI=1S/C13H19BrN4S/c14-12-10-18(16-13(15)19)9-8-17(12)7-6-11-4-2-1-3-5-11/h4,8-10H,1-3,5-7H2,(H3,15,16,19). The SMILES string of the molecule is NC(=S)NN1C=CN(CCC2=CCCCC2)C(Br)=C1. The molecule has 0 radical (unpaired) electrons. The van der Waals surface area contributed by atoms with Crippen molar-refractivity contribution in [2.75, 3.05) is 6.54 Å². The lowest BCUT2D eigenvalue weighted by Gasteiger charge is -2.28. The zero-order chi connectivity index (χ0) is 13.7. The maximum atomic E-state index is 5.44. The van der Waals surface area contributed by atoms with E-state index in [9.17, 15) is 0 Å². The molecule has 104 valence electrons. The summed E-state index contributed by atoms with van der Waals surface area (Å²) < 4.78 is 0.996. The molecule has 0 atom stereocenters. The number of nitrogens with two attached hydrogens (primary N) is 1. The molecule has 1 heterocycles. The number of halogens is 1. The highest BCUT2D eigenvalue weighted by Crippen LogP contribution is 2.23. The number of thiocarbonyl (C=S) groups is 1. The van der Waals surface area contributed by atoms with Crippen molar-refractivity contribution in [3.8, 4) is 0 Å². The molecule has 0 fully saturated rings. The van der Waals surface area contributed by atoms with Crippen molar-refractivity contribution in [1.82, 2.24) is 15.3 Å². The average molecular weight is 343 g/mol. The first-order valence-electron chi connectivity index (χ1n) is 6.50. The molecule has 0 saturated carbocycles. The molecule has 2 rings (SSSR count). The van der Waals surface area contributed by atoms with E-state index in [1.807, 2.05) is 18.6 Å². The molecular formula is C13H19BrN4S. The number of hydrazine groups is 1. The first-order chi connectivity index (χ1) is 9.15. The van der Waals surface area contributed by atoms with Gasteiger partial charge in [0.2, 0.25) is 0 Å². The minimum atomic E-state index is 0.252. The molecule has 0 aromatic carbocycles. The molecule has 2 aliphatic rings. The van der Waals surface area contributed by atoms with Gasteiger partial charge in [0.05, 0.1) is 6.20 Å². The lowest BCUT2D eigenvalue weighted by Crippen LogP contribution is -2.40. The van der Waals surface area contributed by atoms with Crippen molar-refractivity contribution in [1.29, 1.82) is 0 Å². The Balaban J connectivity index is 1.84. The van der Waals surface area contributed by atoms with E-state index in [0.29, 0.717) is 0 Å². The van der Waals surface area contributed by atoms with Crippen LogP contribution in [0.15, 0.2) is 34.9 Å². The summed E-state index contributed by atoms with van der Waals surface area (Å²) in [6, 6.07) is 0. The van der Waals surface area contributed by atoms with Crippen molar-refractivity contribution in [2.24, 2.45) is 5.73 Å². The Morgan fingerprint density at radius 1 is 1.42 bits per heavy atom. The maximum absolute atomic E-state index is 5.44. The van der Waals surface area contributed by atoms with E-state index in [1.165, 1.54) is 25.7 Å². The lowest BCUT2D eigenvalue weighted by atomic mass is 9.97. The van der Waals surface area contributed by atoms with E-state index in [-0.39, 0.29) is 5.11 Å². The Hall–Kier alpha value is -1.01. The quantitative estimate of drug-likeness (QED) is 0.467. The fourth-order valence-corrected chi connectivity index (χ4v) is 2.85. The van der Waals surface area contributed by atoms with Gasteiger partial charge in [-0.15, -0.1) is 0 Å². The van der Waals surface area contributed by atoms with Crippen LogP contribution >= 0.6 is 28.1 Å². The third-order valence-electron chi connectivity index (χ3n) is 3.23. The smallest absolute Gasteiger partial charge is 0.183 e. The summed E-state index contributed by atoms with van der Waals surface area (Å²) in [5.74, 6) is 0. The van der Waals surface area contributed by atoms with Gasteiger partial charge in [0.15, 0.2) is 5.11 Å². The van der Waals surface area contributed by atoms with Gasteiger partial charge in [-0.05, 0) is 60.3 Å². The fraction of sp³-hybridized carbons (Fsp3) is 0.462. The average Bonchev–Trinajstić information content (AvgIpc) is 2.38. The molecule has 1 aliphatic carbocycles. The van der Waals surface area contributed by atoms with Gasteiger partial charge in [-0.2, -0.15) is 0 Å². The first kappa shape index (κ1) is 14.4. The van der Waals surface area contributed by atoms with Crippen LogP contribution in [-0.2, 0) is 0 Å². The van der Waals surface area contributed by atoms with Crippen LogP contribution in [-0.4, -0.2) is 21.6 Å². The number of allylic oxidation sites excluding steroid dienone is 1. The normalized spacial score (nSPS) is 19.0. The van der Waals surface area contributed by atoms with E-state index in [4.69, 9.17) is 18.0 Å². The molecule has 0 unspecified atom stereocenters. The van der Waals surface area contributed by atoms with Crippen molar-refractivity contribution >= 4 is 33.3 Å². The van der Waals surface area contributed by atoms with Gasteiger partial charge in [0.1, 0.15) is 4.61 Å². The summed E-state index contributed by atoms with van der Waals surface area (Å²) in [6.45, 7) is 0.986. The van der Waals surface area contributed by atoms with Crippen LogP contribution in [0.2, 0.25) is 0 Å². The molecular weight excluding hydrogens is 324 g/mol. The van der Waals surface area contributed by atoms with Crippen LogP contribution in [0.1, 0.15) is 32.1 Å². The Bertz CT molecular complexity index is 430. The number of rotatable bonds is 4. The van der Waals surface area contributed by atoms with E-state index >= 15 is 0 Å². The summed E-state index contributed by atoms with van der Waals surface area (Å²) in [7, 11) is 0. The Labute approximate surface area is 128 Å². The third kappa shape index (κ3) is 4.54. The van der Waals surface area contributed by atoms with Crippen LogP contribution in [0.5, 0.6) is 0 Å². The van der Waals surface area contributed by atoms with Crippen molar-refractivity contribution in [3.63, 3.8) is 0 Å². The van der Waals surface area contributed by atoms with Gasteiger partial charge < -0.3 is 10.6 Å². The largest absolute Gasteiger partial charge is 0.375 e. The Morgan fingerprint density at radius 3 is 2.89 bits per heavy atom. The molecule has 0 spiro atoms. The zero-order valence-electron chi connectivity index (χ0n) is 10.8. The predicted molar refractivity (Wildman–Crippen MR) is 85.8 cm³/mol. The highest BCUT2D eigenvalue weighted by atomic mass is 79.9. The maximum Gasteiger partial charge on any atom is 0.183 e. The van der Waals surface area contributed by atoms with E-state index in [2.05, 4.69) is 32.3 Å². The molecule has 1 aliphatic heterocycles. The first-order valence-corrected chi connectivity index (χ1v) is 7.70. The Kier molecular flexibility index (Phi) is 5.27. The Morgan fingerprint density at radius 2 is 2.26 bits per heavy atom. The lowest BCUT2D eigenvalue weighted by molar-refractivity contribution is 0.389. The molecule has 0 aromatic heterocycles. The van der Waals surface area contributed by atoms with Crippen molar-refractivity contribution in [3.05, 3.63) is 34.9 Å². The molecule has 0 bridgehead atoms. The molecule has 4 nitrogen and oxygen atoms in total. The minimum Gasteiger partial charge on any atom is -0.375 e. The zero-order valence-corrected chi connectivity index (χ0v) is 13.2. The topological polar surface area (TPSA) is 44.5 Å². The van der Waals surface area contributed by atoms with E-state index in [1.54, 1.807) is 10.6 Å². The molecule has 3 N–H and O–H groups in total. The summed E-state index contributed by atoms with van der Waals surface area (Å²) >= 11 is 8.37. The van der Waals surface area contributed by atoms with Crippen LogP contribution in [0.4, 0.5) is 0 Å². The van der Waals surface area contributed by atoms with Crippen LogP contribution in [0, 0.1) is 0 Å². The van der Waals surface area contributed by atoms with Gasteiger partial charge in [-0.3, -0.25) is 10.4 Å². The van der Waals surface area contributed by atoms with Crippen molar-refractivity contribution < 1.29 is 0 Å². The highest BCUT2D eigenvalue weighted by molar-refractivity contribution is 9.11. The third-order valence-corrected chi connectivity index (χ3v) is 3.98. The second-order valence-electron chi connectivity index (χ2n) is 4.68. The summed E-state index contributed by atoms with van der Waals surface area (Å²) in [5, 5.41) is 1.99. The van der Waals surface area contributed by atoms with Crippen LogP contribution in [0.3, 0.4) is 0 Å². The van der Waals surface area contributed by atoms with E-state index in [0.717, 1.165) is 17.6 Å². The minimum absolute atomic E-state index is 0.252. The molecule has 0 saturated heterocycles. The number of nitrogens with one attached hydrogen (secondary N) is 1. The second kappa shape index (κ2) is 6.96. The van der Waals surface area contributed by atoms with Crippen LogP contribution < -0.4 is 11.2 Å². The molecule has 6 heteroatoms. The number of hydrogen-bond donors (Lipinski definition) is 2. The van der Waals surface area contributed by atoms with Gasteiger partial charge in [0.25, 0.3) is 0 Å². The summed E-state index contributed by atoms with van der Waals surface area (Å²) in [5.41, 5.74) is 9.87. The van der Waals surface area contributed by atoms with Gasteiger partial charge in [0, 0.05) is 18.9 Å². The summed E-state index contributed by atoms with van der Waals surface area (Å²) in [4.78, 5) is 2.17. The van der Waals surface area contributed by atoms with E-state index < -0.39 is 0 Å². The highest BCUT2D eigenvalue weighted by Gasteiger charge is 2.12. The van der Waals surface area contributed by atoms with Crippen LogP contribution in [0.25, 0.3) is 0 Å². The molecule has 0 aromatic rings. The van der Waals surface area contributed by atoms with Gasteiger partial charge in [-0.1, -0.05) is 11.6 Å². The van der Waals surface area contributed by atoms with Gasteiger partial charge in [-0.25, -0.2) is 0 Å². The molecule has 0 amide bonds. The number of hydrogen-bond acceptors (Lipinski definition) is 3. The second-order valence-corrected chi connectivity index (χ2v) is 5.94. The number of nitrogens with zero attached hydrogens (tertiary/aromatic N) is 2. The molecule has 19 heavy (non-hydrogen) atoms. The monoisotopic (exact) mass is 342 g/mol. The fourth-order valence-electron chi connectivity index (χ4n) is 2.23. The summed E-state index contributed by atoms with van der Waals surface area (Å²) in [6.07, 6.45) is 14.5. The van der Waals surface area contributed by atoms with Gasteiger partial charge >= 0.3 is 0 Å². The van der Waals surface area contributed by atoms with Crippen molar-refractivity contribution in [2.45, 2.75) is 32.1 Å². The predicted octanol–water partition coefficient (Wildman–Crippen LogP) is 2.91.